The maximum atomic E-state index is 6.36. The van der Waals surface area contributed by atoms with E-state index in [4.69, 9.17) is 4.74 Å². The molecule has 0 saturated heterocycles. The molecule has 0 radical (unpaired) electrons. The first-order chi connectivity index (χ1) is 7.72. The van der Waals surface area contributed by atoms with E-state index in [9.17, 15) is 0 Å². The molecule has 1 unspecified atom stereocenters. The van der Waals surface area contributed by atoms with Crippen LogP contribution in [0.15, 0.2) is 0 Å². The maximum Gasteiger partial charge on any atom is 0.0809 e. The molecule has 1 fully saturated rings. The van der Waals surface area contributed by atoms with Gasteiger partial charge in [0.2, 0.25) is 0 Å². The zero-order chi connectivity index (χ0) is 11.9. The van der Waals surface area contributed by atoms with Crippen LogP contribution in [-0.4, -0.2) is 24.8 Å². The van der Waals surface area contributed by atoms with Crippen molar-refractivity contribution in [2.45, 2.75) is 77.4 Å². The molecule has 1 aliphatic rings. The van der Waals surface area contributed by atoms with Crippen LogP contribution in [-0.2, 0) is 4.74 Å². The van der Waals surface area contributed by atoms with Crippen LogP contribution >= 0.6 is 0 Å². The van der Waals surface area contributed by atoms with Gasteiger partial charge >= 0.3 is 0 Å². The Morgan fingerprint density at radius 3 is 2.44 bits per heavy atom. The van der Waals surface area contributed by atoms with E-state index in [1.807, 2.05) is 0 Å². The van der Waals surface area contributed by atoms with Gasteiger partial charge in [-0.3, -0.25) is 0 Å². The number of hydrogen-bond donors (Lipinski definition) is 1. The minimum Gasteiger partial charge on any atom is -0.371 e. The SMILES string of the molecule is CCCC(C)OC1(CNCC)CCCCC1. The van der Waals surface area contributed by atoms with E-state index in [1.165, 1.54) is 44.9 Å². The van der Waals surface area contributed by atoms with Crippen LogP contribution in [0, 0.1) is 0 Å². The maximum absolute atomic E-state index is 6.36. The summed E-state index contributed by atoms with van der Waals surface area (Å²) in [5.74, 6) is 0. The first kappa shape index (κ1) is 14.0. The summed E-state index contributed by atoms with van der Waals surface area (Å²) >= 11 is 0. The van der Waals surface area contributed by atoms with Crippen molar-refractivity contribution in [3.05, 3.63) is 0 Å². The highest BCUT2D eigenvalue weighted by Crippen LogP contribution is 2.32. The Bertz CT molecular complexity index is 176. The molecule has 2 heteroatoms. The molecular weight excluding hydrogens is 198 g/mol. The fraction of sp³-hybridized carbons (Fsp3) is 1.00. The Labute approximate surface area is 101 Å². The highest BCUT2D eigenvalue weighted by Gasteiger charge is 2.33. The Balaban J connectivity index is 2.47. The molecule has 0 aromatic carbocycles. The molecule has 0 heterocycles. The van der Waals surface area contributed by atoms with E-state index in [0.29, 0.717) is 6.10 Å². The van der Waals surface area contributed by atoms with Gasteiger partial charge < -0.3 is 10.1 Å². The summed E-state index contributed by atoms with van der Waals surface area (Å²) in [6, 6.07) is 0. The van der Waals surface area contributed by atoms with Crippen molar-refractivity contribution in [1.82, 2.24) is 5.32 Å². The van der Waals surface area contributed by atoms with Crippen molar-refractivity contribution in [3.63, 3.8) is 0 Å². The summed E-state index contributed by atoms with van der Waals surface area (Å²) < 4.78 is 6.36. The molecule has 1 aliphatic carbocycles. The first-order valence-corrected chi connectivity index (χ1v) is 7.11. The van der Waals surface area contributed by atoms with E-state index in [2.05, 4.69) is 26.1 Å². The van der Waals surface area contributed by atoms with Gasteiger partial charge in [0.05, 0.1) is 11.7 Å². The molecule has 0 aromatic rings. The summed E-state index contributed by atoms with van der Waals surface area (Å²) in [6.07, 6.45) is 9.38. The predicted octanol–water partition coefficient (Wildman–Crippen LogP) is 3.50. The fourth-order valence-electron chi connectivity index (χ4n) is 2.78. The lowest BCUT2D eigenvalue weighted by molar-refractivity contribution is -0.107. The standard InChI is InChI=1S/C14H29NO/c1-4-9-13(3)16-14(12-15-5-2)10-7-6-8-11-14/h13,15H,4-12H2,1-3H3. The van der Waals surface area contributed by atoms with Crippen LogP contribution < -0.4 is 5.32 Å². The molecule has 1 N–H and O–H groups in total. The van der Waals surface area contributed by atoms with Gasteiger partial charge in [-0.2, -0.15) is 0 Å². The number of hydrogen-bond acceptors (Lipinski definition) is 2. The van der Waals surface area contributed by atoms with Crippen molar-refractivity contribution in [1.29, 1.82) is 0 Å². The molecular formula is C14H29NO. The van der Waals surface area contributed by atoms with E-state index in [-0.39, 0.29) is 5.60 Å². The normalized spacial score (nSPS) is 21.9. The zero-order valence-electron chi connectivity index (χ0n) is 11.3. The summed E-state index contributed by atoms with van der Waals surface area (Å²) in [5, 5.41) is 3.48. The highest BCUT2D eigenvalue weighted by atomic mass is 16.5. The molecule has 0 aliphatic heterocycles. The molecule has 0 bridgehead atoms. The lowest BCUT2D eigenvalue weighted by Gasteiger charge is -2.39. The second-order valence-corrected chi connectivity index (χ2v) is 5.24. The number of rotatable bonds is 7. The predicted molar refractivity (Wildman–Crippen MR) is 69.8 cm³/mol. The van der Waals surface area contributed by atoms with Gasteiger partial charge in [0.1, 0.15) is 0 Å². The lowest BCUT2D eigenvalue weighted by Crippen LogP contribution is -2.46. The van der Waals surface area contributed by atoms with Crippen LogP contribution in [0.5, 0.6) is 0 Å². The highest BCUT2D eigenvalue weighted by molar-refractivity contribution is 4.87. The van der Waals surface area contributed by atoms with Gasteiger partial charge in [-0.1, -0.05) is 39.5 Å². The summed E-state index contributed by atoms with van der Waals surface area (Å²) in [4.78, 5) is 0. The smallest absolute Gasteiger partial charge is 0.0809 e. The topological polar surface area (TPSA) is 21.3 Å². The molecule has 1 rings (SSSR count). The third kappa shape index (κ3) is 4.42. The Morgan fingerprint density at radius 2 is 1.88 bits per heavy atom. The molecule has 1 atom stereocenters. The van der Waals surface area contributed by atoms with Gasteiger partial charge in [-0.05, 0) is 32.7 Å². The quantitative estimate of drug-likeness (QED) is 0.718. The number of nitrogens with one attached hydrogen (secondary N) is 1. The van der Waals surface area contributed by atoms with Crippen molar-refractivity contribution < 1.29 is 4.74 Å². The number of likely N-dealkylation sites (N-methyl/N-ethyl adjacent to an activating group) is 1. The van der Waals surface area contributed by atoms with Gasteiger partial charge in [-0.25, -0.2) is 0 Å². The Kier molecular flexibility index (Phi) is 6.37. The Morgan fingerprint density at radius 1 is 1.19 bits per heavy atom. The summed E-state index contributed by atoms with van der Waals surface area (Å²) in [7, 11) is 0. The van der Waals surface area contributed by atoms with E-state index in [1.54, 1.807) is 0 Å². The van der Waals surface area contributed by atoms with Crippen LogP contribution in [0.4, 0.5) is 0 Å². The molecule has 0 aromatic heterocycles. The van der Waals surface area contributed by atoms with Crippen molar-refractivity contribution in [2.24, 2.45) is 0 Å². The average Bonchev–Trinajstić information content (AvgIpc) is 2.28. The van der Waals surface area contributed by atoms with Gasteiger partial charge in [0, 0.05) is 6.54 Å². The minimum absolute atomic E-state index is 0.142. The Hall–Kier alpha value is -0.0800. The van der Waals surface area contributed by atoms with E-state index < -0.39 is 0 Å². The minimum atomic E-state index is 0.142. The van der Waals surface area contributed by atoms with Gasteiger partial charge in [0.15, 0.2) is 0 Å². The van der Waals surface area contributed by atoms with Gasteiger partial charge in [0.25, 0.3) is 0 Å². The van der Waals surface area contributed by atoms with Crippen molar-refractivity contribution in [2.75, 3.05) is 13.1 Å². The van der Waals surface area contributed by atoms with Crippen molar-refractivity contribution >= 4 is 0 Å². The van der Waals surface area contributed by atoms with Crippen LogP contribution in [0.3, 0.4) is 0 Å². The van der Waals surface area contributed by atoms with Crippen LogP contribution in [0.2, 0.25) is 0 Å². The second kappa shape index (κ2) is 7.29. The van der Waals surface area contributed by atoms with E-state index in [0.717, 1.165) is 13.1 Å². The van der Waals surface area contributed by atoms with Gasteiger partial charge in [-0.15, -0.1) is 0 Å². The third-order valence-corrected chi connectivity index (χ3v) is 3.61. The first-order valence-electron chi connectivity index (χ1n) is 7.11. The molecule has 0 spiro atoms. The molecule has 1 saturated carbocycles. The zero-order valence-corrected chi connectivity index (χ0v) is 11.3. The number of ether oxygens (including phenoxy) is 1. The molecule has 96 valence electrons. The molecule has 0 amide bonds. The second-order valence-electron chi connectivity index (χ2n) is 5.24. The van der Waals surface area contributed by atoms with E-state index >= 15 is 0 Å². The largest absolute Gasteiger partial charge is 0.371 e. The van der Waals surface area contributed by atoms with Crippen LogP contribution in [0.1, 0.15) is 65.7 Å². The monoisotopic (exact) mass is 227 g/mol. The third-order valence-electron chi connectivity index (χ3n) is 3.61. The van der Waals surface area contributed by atoms with Crippen LogP contribution in [0.25, 0.3) is 0 Å². The molecule has 2 nitrogen and oxygen atoms in total. The fourth-order valence-corrected chi connectivity index (χ4v) is 2.78. The lowest BCUT2D eigenvalue weighted by atomic mass is 9.84. The summed E-state index contributed by atoms with van der Waals surface area (Å²) in [5.41, 5.74) is 0.142. The molecule has 16 heavy (non-hydrogen) atoms. The summed E-state index contributed by atoms with van der Waals surface area (Å²) in [6.45, 7) is 8.72. The average molecular weight is 227 g/mol. The van der Waals surface area contributed by atoms with Crippen molar-refractivity contribution in [3.8, 4) is 0 Å².